The molecule has 0 bridgehead atoms. The molecule has 0 heterocycles. The number of ketones is 2. The van der Waals surface area contributed by atoms with Gasteiger partial charge in [0.25, 0.3) is 16.0 Å². The van der Waals surface area contributed by atoms with Gasteiger partial charge in [-0.05, 0) is 50.0 Å². The zero-order valence-corrected chi connectivity index (χ0v) is 25.8. The number of halogens is 1. The third-order valence-corrected chi connectivity index (χ3v) is 9.33. The van der Waals surface area contributed by atoms with E-state index in [1.807, 2.05) is 0 Å². The van der Waals surface area contributed by atoms with Crippen LogP contribution in [-0.2, 0) is 24.5 Å². The average molecular weight is 695 g/mol. The molecule has 47 heavy (non-hydrogen) atoms. The van der Waals surface area contributed by atoms with Crippen LogP contribution >= 0.6 is 11.6 Å². The Hall–Kier alpha value is -4.78. The first-order valence-electron chi connectivity index (χ1n) is 13.2. The Labute approximate surface area is 270 Å². The molecule has 2 aromatic carbocycles. The number of aliphatic hydroxyl groups excluding tert-OH is 3. The summed E-state index contributed by atoms with van der Waals surface area (Å²) < 4.78 is 29.8. The van der Waals surface area contributed by atoms with Gasteiger partial charge in [-0.3, -0.25) is 23.8 Å². The van der Waals surface area contributed by atoms with E-state index in [1.165, 1.54) is 31.1 Å². The minimum absolute atomic E-state index is 0.0516. The molecule has 1 saturated carbocycles. The number of phenols is 2. The number of rotatable bonds is 4. The fraction of sp³-hybridized carbons (Fsp3) is 0.241. The van der Waals surface area contributed by atoms with Crippen molar-refractivity contribution in [1.29, 1.82) is 0 Å². The van der Waals surface area contributed by atoms with Crippen molar-refractivity contribution in [3.63, 3.8) is 0 Å². The highest BCUT2D eigenvalue weighted by Gasteiger charge is 2.68. The van der Waals surface area contributed by atoms with Crippen LogP contribution in [0.1, 0.15) is 21.5 Å². The van der Waals surface area contributed by atoms with E-state index in [1.54, 1.807) is 0 Å². The van der Waals surface area contributed by atoms with Gasteiger partial charge in [-0.15, -0.1) is 0 Å². The van der Waals surface area contributed by atoms with E-state index in [9.17, 15) is 53.1 Å². The number of likely N-dealkylation sites (N-methyl/N-ethyl adjacent to an activating group) is 1. The SMILES string of the molecule is C=C1c2c(Cl)ccc(O)c2C(O)=C2C(=O)[C@]3(O)C(O)=C(C(N)=O)C(=O)C(N(C)C)C3C(O)C12.O=C(O)c1cc(S(=O)(=O)O)ccc1O. The highest BCUT2D eigenvalue weighted by molar-refractivity contribution is 7.85. The molecule has 0 saturated heterocycles. The minimum Gasteiger partial charge on any atom is -0.508 e. The normalized spacial score (nSPS) is 25.5. The Balaban J connectivity index is 0.000000300. The van der Waals surface area contributed by atoms with E-state index >= 15 is 0 Å². The number of carboxylic acid groups (broad SMARTS) is 1. The largest absolute Gasteiger partial charge is 0.508 e. The number of carbonyl (C=O) groups is 4. The van der Waals surface area contributed by atoms with Crippen molar-refractivity contribution in [2.24, 2.45) is 17.6 Å². The van der Waals surface area contributed by atoms with Crippen LogP contribution in [0.5, 0.6) is 11.5 Å². The second kappa shape index (κ2) is 11.8. The molecule has 5 atom stereocenters. The number of nitrogens with two attached hydrogens (primary N) is 1. The average Bonchev–Trinajstić information content (AvgIpc) is 2.95. The van der Waals surface area contributed by atoms with Crippen molar-refractivity contribution in [3.05, 3.63) is 75.5 Å². The lowest BCUT2D eigenvalue weighted by Gasteiger charge is -2.52. The number of aromatic carboxylic acids is 1. The summed E-state index contributed by atoms with van der Waals surface area (Å²) in [7, 11) is -1.61. The topological polar surface area (TPSA) is 294 Å². The molecule has 4 unspecified atom stereocenters. The number of amides is 1. The Kier molecular flexibility index (Phi) is 8.80. The van der Waals surface area contributed by atoms with Crippen molar-refractivity contribution in [2.75, 3.05) is 14.1 Å². The summed E-state index contributed by atoms with van der Waals surface area (Å²) in [5.74, 6) is -11.2. The number of Topliss-reactive ketones (excluding diaryl/α,β-unsaturated/α-hetero) is 2. The maximum atomic E-state index is 13.7. The van der Waals surface area contributed by atoms with Crippen molar-refractivity contribution in [3.8, 4) is 11.5 Å². The van der Waals surface area contributed by atoms with Gasteiger partial charge in [0, 0.05) is 16.5 Å². The number of fused-ring (bicyclic) bond motifs is 3. The molecule has 1 fully saturated rings. The van der Waals surface area contributed by atoms with E-state index < -0.39 is 108 Å². The molecule has 10 N–H and O–H groups in total. The van der Waals surface area contributed by atoms with Gasteiger partial charge in [-0.1, -0.05) is 18.2 Å². The Morgan fingerprint density at radius 2 is 1.60 bits per heavy atom. The van der Waals surface area contributed by atoms with Gasteiger partial charge >= 0.3 is 5.97 Å². The number of hydrogen-bond acceptors (Lipinski definition) is 13. The predicted octanol–water partition coefficient (Wildman–Crippen LogP) is 0.396. The lowest BCUT2D eigenvalue weighted by atomic mass is 9.55. The molecule has 250 valence electrons. The lowest BCUT2D eigenvalue weighted by molar-refractivity contribution is -0.166. The number of nitrogens with zero attached hydrogens (tertiary/aromatic N) is 1. The molecule has 16 nitrogen and oxygen atoms in total. The first kappa shape index (κ1) is 35.1. The molecular formula is C29H27ClN2O14S. The fourth-order valence-electron chi connectivity index (χ4n) is 6.11. The second-order valence-electron chi connectivity index (χ2n) is 11.0. The predicted molar refractivity (Wildman–Crippen MR) is 161 cm³/mol. The summed E-state index contributed by atoms with van der Waals surface area (Å²) in [5, 5.41) is 72.5. The number of carboxylic acids is 1. The fourth-order valence-corrected chi connectivity index (χ4v) is 6.89. The molecule has 3 aliphatic carbocycles. The van der Waals surface area contributed by atoms with E-state index in [0.717, 1.165) is 12.1 Å². The molecule has 5 rings (SSSR count). The number of primary amides is 1. The number of benzene rings is 2. The van der Waals surface area contributed by atoms with Crippen LogP contribution in [0.25, 0.3) is 11.3 Å². The summed E-state index contributed by atoms with van der Waals surface area (Å²) in [6.07, 6.45) is -1.75. The zero-order valence-electron chi connectivity index (χ0n) is 24.2. The van der Waals surface area contributed by atoms with E-state index in [4.69, 9.17) is 32.1 Å². The number of phenolic OH excluding ortho intramolecular Hbond substituents is 1. The minimum atomic E-state index is -4.45. The van der Waals surface area contributed by atoms with Crippen LogP contribution in [0, 0.1) is 11.8 Å². The van der Waals surface area contributed by atoms with Gasteiger partial charge in [-0.25, -0.2) is 4.79 Å². The smallest absolute Gasteiger partial charge is 0.339 e. The first-order chi connectivity index (χ1) is 21.6. The van der Waals surface area contributed by atoms with Crippen molar-refractivity contribution < 1.29 is 67.9 Å². The standard InChI is InChI=1S/C22H21ClN2O8.C7H6O6S/c1-6-9-7(23)4-5-8(26)11(9)16(27)12-10(6)17(28)14-15(25(2)3)18(29)13(21(24)32)20(31)22(14,33)19(12)30;8-6-2-1-4(14(11,12)13)3-5(6)7(9)10/h4-5,10,14-15,17,26-28,31,33H,1H2,2-3H3,(H2,24,32);1-3,8H,(H,9,10)(H,11,12,13)/t10?,14?,15?,17?,22-;/m0./s1. The third-order valence-electron chi connectivity index (χ3n) is 8.17. The summed E-state index contributed by atoms with van der Waals surface area (Å²) in [4.78, 5) is 49.8. The molecule has 3 aliphatic rings. The Morgan fingerprint density at radius 3 is 2.11 bits per heavy atom. The molecular weight excluding hydrogens is 668 g/mol. The zero-order chi connectivity index (χ0) is 35.7. The molecule has 0 aromatic heterocycles. The molecule has 0 aliphatic heterocycles. The van der Waals surface area contributed by atoms with Crippen molar-refractivity contribution >= 4 is 56.5 Å². The first-order valence-corrected chi connectivity index (χ1v) is 15.0. The van der Waals surface area contributed by atoms with Crippen LogP contribution < -0.4 is 5.73 Å². The van der Waals surface area contributed by atoms with Gasteiger partial charge in [0.05, 0.1) is 34.1 Å². The van der Waals surface area contributed by atoms with Crippen LogP contribution in [0.2, 0.25) is 5.02 Å². The van der Waals surface area contributed by atoms with Gasteiger partial charge in [0.2, 0.25) is 5.78 Å². The number of hydrogen-bond donors (Lipinski definition) is 9. The van der Waals surface area contributed by atoms with Crippen LogP contribution in [0.3, 0.4) is 0 Å². The highest BCUT2D eigenvalue weighted by atomic mass is 35.5. The maximum Gasteiger partial charge on any atom is 0.339 e. The summed E-state index contributed by atoms with van der Waals surface area (Å²) in [6.45, 7) is 3.89. The van der Waals surface area contributed by atoms with Crippen molar-refractivity contribution in [2.45, 2.75) is 22.6 Å². The van der Waals surface area contributed by atoms with Crippen LogP contribution in [0.15, 0.2) is 58.7 Å². The highest BCUT2D eigenvalue weighted by Crippen LogP contribution is 2.56. The number of carbonyl (C=O) groups excluding carboxylic acids is 3. The number of aromatic hydroxyl groups is 2. The van der Waals surface area contributed by atoms with Gasteiger partial charge in [-0.2, -0.15) is 8.42 Å². The molecule has 1 amide bonds. The quantitative estimate of drug-likeness (QED) is 0.155. The van der Waals surface area contributed by atoms with E-state index in [-0.39, 0.29) is 21.7 Å². The van der Waals surface area contributed by atoms with Crippen LogP contribution in [0.4, 0.5) is 0 Å². The Bertz CT molecular complexity index is 1970. The van der Waals surface area contributed by atoms with Gasteiger partial charge < -0.3 is 41.5 Å². The molecule has 18 heteroatoms. The summed E-state index contributed by atoms with van der Waals surface area (Å²) in [6, 6.07) is 3.53. The summed E-state index contributed by atoms with van der Waals surface area (Å²) >= 11 is 6.25. The van der Waals surface area contributed by atoms with E-state index in [2.05, 4.69) is 6.58 Å². The monoisotopic (exact) mass is 694 g/mol. The second-order valence-corrected chi connectivity index (χ2v) is 12.8. The maximum absolute atomic E-state index is 13.7. The van der Waals surface area contributed by atoms with Gasteiger partial charge in [0.1, 0.15) is 34.2 Å². The van der Waals surface area contributed by atoms with Crippen LogP contribution in [-0.4, -0.2) is 109 Å². The molecule has 0 spiro atoms. The van der Waals surface area contributed by atoms with Crippen molar-refractivity contribution in [1.82, 2.24) is 4.90 Å². The summed E-state index contributed by atoms with van der Waals surface area (Å²) in [5.41, 5.74) is 0.0510. The lowest BCUT2D eigenvalue weighted by Crippen LogP contribution is -2.70. The Morgan fingerprint density at radius 1 is 1.02 bits per heavy atom. The number of aliphatic hydroxyl groups is 4. The molecule has 0 radical (unpaired) electrons. The third kappa shape index (κ3) is 5.32. The molecule has 2 aromatic rings. The van der Waals surface area contributed by atoms with Gasteiger partial charge in [0.15, 0.2) is 11.4 Å². The van der Waals surface area contributed by atoms with E-state index in [0.29, 0.717) is 6.07 Å².